The molecule has 2 aromatic rings. The van der Waals surface area contributed by atoms with E-state index in [9.17, 15) is 8.78 Å². The number of nitrogens with one attached hydrogen (secondary N) is 2. The molecule has 0 aliphatic carbocycles. The molecule has 0 aliphatic heterocycles. The third kappa shape index (κ3) is 5.32. The molecule has 0 bridgehead atoms. The Morgan fingerprint density at radius 2 is 2.09 bits per heavy atom. The van der Waals surface area contributed by atoms with Crippen molar-refractivity contribution in [3.8, 4) is 0 Å². The summed E-state index contributed by atoms with van der Waals surface area (Å²) in [5, 5.41) is 8.47. The highest BCUT2D eigenvalue weighted by atomic mass is 32.1. The van der Waals surface area contributed by atoms with Gasteiger partial charge >= 0.3 is 0 Å². The molecule has 6 heteroatoms. The fourth-order valence-corrected chi connectivity index (χ4v) is 2.97. The maximum absolute atomic E-state index is 13.6. The molecular weight excluding hydrogens is 316 g/mol. The van der Waals surface area contributed by atoms with Crippen molar-refractivity contribution >= 4 is 17.3 Å². The zero-order valence-corrected chi connectivity index (χ0v) is 14.1. The quantitative estimate of drug-likeness (QED) is 0.625. The fraction of sp³-hybridized carbons (Fsp3) is 0.353. The first-order chi connectivity index (χ1) is 11.1. The predicted octanol–water partition coefficient (Wildman–Crippen LogP) is 3.54. The molecule has 2 rings (SSSR count). The van der Waals surface area contributed by atoms with Gasteiger partial charge in [-0.3, -0.25) is 4.99 Å². The van der Waals surface area contributed by atoms with Crippen molar-refractivity contribution in [3.05, 3.63) is 57.8 Å². The van der Waals surface area contributed by atoms with Crippen LogP contribution in [0, 0.1) is 11.6 Å². The van der Waals surface area contributed by atoms with Crippen LogP contribution in [0.4, 0.5) is 8.78 Å². The van der Waals surface area contributed by atoms with Crippen molar-refractivity contribution in [2.45, 2.75) is 19.3 Å². The molecule has 1 unspecified atom stereocenters. The van der Waals surface area contributed by atoms with E-state index in [1.807, 2.05) is 6.07 Å². The topological polar surface area (TPSA) is 36.4 Å². The van der Waals surface area contributed by atoms with Crippen LogP contribution < -0.4 is 10.6 Å². The van der Waals surface area contributed by atoms with Crippen LogP contribution in [0.2, 0.25) is 0 Å². The van der Waals surface area contributed by atoms with Crippen LogP contribution in [0.5, 0.6) is 0 Å². The van der Waals surface area contributed by atoms with Crippen LogP contribution >= 0.6 is 11.3 Å². The first kappa shape index (κ1) is 17.4. The van der Waals surface area contributed by atoms with E-state index in [0.29, 0.717) is 30.4 Å². The minimum atomic E-state index is -0.556. The number of hydrogen-bond donors (Lipinski definition) is 2. The van der Waals surface area contributed by atoms with Gasteiger partial charge in [-0.25, -0.2) is 8.78 Å². The molecule has 0 saturated carbocycles. The zero-order valence-electron chi connectivity index (χ0n) is 13.3. The second-order valence-electron chi connectivity index (χ2n) is 5.28. The number of halogens is 2. The highest BCUT2D eigenvalue weighted by Crippen LogP contribution is 2.19. The molecule has 23 heavy (non-hydrogen) atoms. The maximum atomic E-state index is 13.6. The van der Waals surface area contributed by atoms with Gasteiger partial charge in [0.05, 0.1) is 0 Å². The van der Waals surface area contributed by atoms with E-state index in [0.717, 1.165) is 12.6 Å². The number of nitrogens with zero attached hydrogens (tertiary/aromatic N) is 1. The van der Waals surface area contributed by atoms with E-state index in [2.05, 4.69) is 34.0 Å². The van der Waals surface area contributed by atoms with E-state index in [1.54, 1.807) is 18.4 Å². The van der Waals surface area contributed by atoms with Crippen LogP contribution in [-0.4, -0.2) is 26.1 Å². The summed E-state index contributed by atoms with van der Waals surface area (Å²) in [6, 6.07) is 7.81. The van der Waals surface area contributed by atoms with E-state index in [1.165, 1.54) is 17.0 Å². The standard InChI is InChI=1S/C17H21F2N3S/c1-12(16-4-3-9-23-16)11-22-17(20-2)21-8-7-13-5-6-14(18)10-15(13)19/h3-6,9-10,12H,7-8,11H2,1-2H3,(H2,20,21,22). The predicted molar refractivity (Wildman–Crippen MR) is 92.2 cm³/mol. The molecule has 0 fully saturated rings. The fourth-order valence-electron chi connectivity index (χ4n) is 2.18. The Labute approximate surface area is 139 Å². The van der Waals surface area contributed by atoms with Crippen molar-refractivity contribution < 1.29 is 8.78 Å². The molecule has 1 aromatic carbocycles. The Morgan fingerprint density at radius 3 is 2.74 bits per heavy atom. The summed E-state index contributed by atoms with van der Waals surface area (Å²) in [7, 11) is 1.70. The number of aliphatic imine (C=N–C) groups is 1. The summed E-state index contributed by atoms with van der Waals surface area (Å²) in [6.07, 6.45) is 0.466. The number of guanidine groups is 1. The van der Waals surface area contributed by atoms with Crippen LogP contribution in [0.1, 0.15) is 23.3 Å². The molecule has 1 heterocycles. The van der Waals surface area contributed by atoms with E-state index < -0.39 is 11.6 Å². The average Bonchev–Trinajstić information content (AvgIpc) is 3.06. The second kappa shape index (κ2) is 8.62. The Kier molecular flexibility index (Phi) is 6.52. The Balaban J connectivity index is 1.77. The number of thiophene rings is 1. The maximum Gasteiger partial charge on any atom is 0.191 e. The average molecular weight is 337 g/mol. The SMILES string of the molecule is CN=C(NCCc1ccc(F)cc1F)NCC(C)c1cccs1. The van der Waals surface area contributed by atoms with E-state index >= 15 is 0 Å². The third-order valence-corrected chi connectivity index (χ3v) is 4.63. The molecule has 0 saturated heterocycles. The van der Waals surface area contributed by atoms with Crippen LogP contribution in [0.3, 0.4) is 0 Å². The first-order valence-electron chi connectivity index (χ1n) is 7.52. The lowest BCUT2D eigenvalue weighted by Gasteiger charge is -2.15. The van der Waals surface area contributed by atoms with Crippen molar-refractivity contribution in [1.82, 2.24) is 10.6 Å². The van der Waals surface area contributed by atoms with Gasteiger partial charge in [-0.1, -0.05) is 19.1 Å². The first-order valence-corrected chi connectivity index (χ1v) is 8.40. The molecule has 2 N–H and O–H groups in total. The molecule has 0 spiro atoms. The summed E-state index contributed by atoms with van der Waals surface area (Å²) >= 11 is 1.74. The Bertz CT molecular complexity index is 641. The normalized spacial score (nSPS) is 13.0. The monoisotopic (exact) mass is 337 g/mol. The molecule has 1 aromatic heterocycles. The molecule has 3 nitrogen and oxygen atoms in total. The highest BCUT2D eigenvalue weighted by Gasteiger charge is 2.08. The molecule has 0 amide bonds. The molecule has 0 radical (unpaired) electrons. The number of rotatable bonds is 6. The van der Waals surface area contributed by atoms with Gasteiger partial charge in [-0.15, -0.1) is 11.3 Å². The second-order valence-corrected chi connectivity index (χ2v) is 6.26. The summed E-state index contributed by atoms with van der Waals surface area (Å²) < 4.78 is 26.4. The van der Waals surface area contributed by atoms with E-state index in [4.69, 9.17) is 0 Å². The van der Waals surface area contributed by atoms with Gasteiger partial charge in [0.15, 0.2) is 5.96 Å². The van der Waals surface area contributed by atoms with Gasteiger partial charge in [0.2, 0.25) is 0 Å². The van der Waals surface area contributed by atoms with Gasteiger partial charge in [0, 0.05) is 37.0 Å². The van der Waals surface area contributed by atoms with Gasteiger partial charge < -0.3 is 10.6 Å². The molecule has 1 atom stereocenters. The summed E-state index contributed by atoms with van der Waals surface area (Å²) in [4.78, 5) is 5.47. The lowest BCUT2D eigenvalue weighted by molar-refractivity contribution is 0.570. The summed E-state index contributed by atoms with van der Waals surface area (Å²) in [5.41, 5.74) is 0.487. The minimum Gasteiger partial charge on any atom is -0.356 e. The number of benzene rings is 1. The van der Waals surface area contributed by atoms with Gasteiger partial charge in [-0.2, -0.15) is 0 Å². The zero-order chi connectivity index (χ0) is 16.7. The summed E-state index contributed by atoms with van der Waals surface area (Å²) in [5.74, 6) is -0.000617. The summed E-state index contributed by atoms with van der Waals surface area (Å²) in [6.45, 7) is 3.45. The Hall–Kier alpha value is -1.95. The smallest absolute Gasteiger partial charge is 0.191 e. The molecule has 124 valence electrons. The van der Waals surface area contributed by atoms with Crippen molar-refractivity contribution in [2.75, 3.05) is 20.1 Å². The minimum absolute atomic E-state index is 0.392. The molecule has 0 aliphatic rings. The largest absolute Gasteiger partial charge is 0.356 e. The van der Waals surface area contributed by atoms with Crippen molar-refractivity contribution in [2.24, 2.45) is 4.99 Å². The lowest BCUT2D eigenvalue weighted by Crippen LogP contribution is -2.39. The third-order valence-electron chi connectivity index (χ3n) is 3.53. The van der Waals surface area contributed by atoms with Crippen LogP contribution in [-0.2, 0) is 6.42 Å². The number of hydrogen-bond acceptors (Lipinski definition) is 2. The van der Waals surface area contributed by atoms with E-state index in [-0.39, 0.29) is 0 Å². The highest BCUT2D eigenvalue weighted by molar-refractivity contribution is 7.10. The molecular formula is C17H21F2N3S. The van der Waals surface area contributed by atoms with Crippen molar-refractivity contribution in [1.29, 1.82) is 0 Å². The Morgan fingerprint density at radius 1 is 1.26 bits per heavy atom. The van der Waals surface area contributed by atoms with Gasteiger partial charge in [0.1, 0.15) is 11.6 Å². The van der Waals surface area contributed by atoms with Gasteiger partial charge in [-0.05, 0) is 29.5 Å². The van der Waals surface area contributed by atoms with Gasteiger partial charge in [0.25, 0.3) is 0 Å². The van der Waals surface area contributed by atoms with Crippen LogP contribution in [0.15, 0.2) is 40.7 Å². The van der Waals surface area contributed by atoms with Crippen molar-refractivity contribution in [3.63, 3.8) is 0 Å². The lowest BCUT2D eigenvalue weighted by atomic mass is 10.1. The van der Waals surface area contributed by atoms with Crippen LogP contribution in [0.25, 0.3) is 0 Å².